The summed E-state index contributed by atoms with van der Waals surface area (Å²) in [4.78, 5) is 0. The predicted molar refractivity (Wildman–Crippen MR) is 75.6 cm³/mol. The number of hydrogen-bond acceptors (Lipinski definition) is 2. The second-order valence-corrected chi connectivity index (χ2v) is 6.12. The summed E-state index contributed by atoms with van der Waals surface area (Å²) >= 11 is 0. The molecule has 1 aromatic rings. The fourth-order valence-corrected chi connectivity index (χ4v) is 3.03. The van der Waals surface area contributed by atoms with E-state index in [0.717, 1.165) is 24.9 Å². The summed E-state index contributed by atoms with van der Waals surface area (Å²) in [5.74, 6) is 2.17. The summed E-state index contributed by atoms with van der Waals surface area (Å²) in [6, 6.07) is 2.20. The fourth-order valence-electron chi connectivity index (χ4n) is 3.03. The summed E-state index contributed by atoms with van der Waals surface area (Å²) in [5, 5.41) is 8.24. The van der Waals surface area contributed by atoms with Gasteiger partial charge < -0.3 is 5.32 Å². The first-order chi connectivity index (χ1) is 8.66. The highest BCUT2D eigenvalue weighted by Gasteiger charge is 2.27. The minimum atomic E-state index is 0.666. The largest absolute Gasteiger partial charge is 0.316 e. The molecule has 3 heteroatoms. The Kier molecular flexibility index (Phi) is 4.81. The maximum Gasteiger partial charge on any atom is 0.0658 e. The highest BCUT2D eigenvalue weighted by molar-refractivity contribution is 5.09. The average Bonchev–Trinajstić information content (AvgIpc) is 2.76. The van der Waals surface area contributed by atoms with Gasteiger partial charge in [-0.2, -0.15) is 5.10 Å². The highest BCUT2D eigenvalue weighted by Crippen LogP contribution is 2.36. The van der Waals surface area contributed by atoms with Crippen LogP contribution in [0.15, 0.2) is 12.3 Å². The van der Waals surface area contributed by atoms with Crippen LogP contribution in [0.1, 0.15) is 51.1 Å². The maximum atomic E-state index is 4.62. The van der Waals surface area contributed by atoms with Gasteiger partial charge >= 0.3 is 0 Å². The Morgan fingerprint density at radius 3 is 2.83 bits per heavy atom. The smallest absolute Gasteiger partial charge is 0.0658 e. The van der Waals surface area contributed by atoms with Crippen LogP contribution in [0.5, 0.6) is 0 Å². The Labute approximate surface area is 111 Å². The van der Waals surface area contributed by atoms with Crippen LogP contribution in [0.4, 0.5) is 0 Å². The van der Waals surface area contributed by atoms with Crippen LogP contribution in [0.3, 0.4) is 0 Å². The standard InChI is InChI=1S/C15H27N3/c1-12(2)10-16-11-13-6-4-5-7-14(13)15-8-9-18(3)17-15/h8-9,12-14,16H,4-7,10-11H2,1-3H3. The third kappa shape index (κ3) is 3.58. The van der Waals surface area contributed by atoms with Crippen molar-refractivity contribution in [3.8, 4) is 0 Å². The van der Waals surface area contributed by atoms with E-state index in [9.17, 15) is 0 Å². The molecule has 1 aliphatic rings. The van der Waals surface area contributed by atoms with Gasteiger partial charge in [0.05, 0.1) is 5.69 Å². The van der Waals surface area contributed by atoms with Gasteiger partial charge in [0.1, 0.15) is 0 Å². The van der Waals surface area contributed by atoms with Crippen molar-refractivity contribution in [2.75, 3.05) is 13.1 Å². The number of aromatic nitrogens is 2. The molecule has 2 unspecified atom stereocenters. The predicted octanol–water partition coefficient (Wildman–Crippen LogP) is 2.94. The van der Waals surface area contributed by atoms with E-state index in [1.807, 2.05) is 11.7 Å². The van der Waals surface area contributed by atoms with Gasteiger partial charge in [-0.25, -0.2) is 0 Å². The van der Waals surface area contributed by atoms with E-state index in [4.69, 9.17) is 0 Å². The van der Waals surface area contributed by atoms with Crippen molar-refractivity contribution in [1.82, 2.24) is 15.1 Å². The van der Waals surface area contributed by atoms with Crippen LogP contribution in [-0.4, -0.2) is 22.9 Å². The number of nitrogens with one attached hydrogen (secondary N) is 1. The minimum Gasteiger partial charge on any atom is -0.316 e. The first-order valence-electron chi connectivity index (χ1n) is 7.37. The number of aryl methyl sites for hydroxylation is 1. The lowest BCUT2D eigenvalue weighted by Crippen LogP contribution is -2.31. The summed E-state index contributed by atoms with van der Waals surface area (Å²) in [6.07, 6.45) is 7.49. The van der Waals surface area contributed by atoms with Crippen LogP contribution in [0, 0.1) is 11.8 Å². The maximum absolute atomic E-state index is 4.62. The third-order valence-electron chi connectivity index (χ3n) is 3.98. The van der Waals surface area contributed by atoms with Crippen LogP contribution in [-0.2, 0) is 7.05 Å². The number of rotatable bonds is 5. The normalized spacial score (nSPS) is 24.7. The molecule has 1 saturated carbocycles. The molecule has 1 fully saturated rings. The summed E-state index contributed by atoms with van der Waals surface area (Å²) in [7, 11) is 2.01. The molecule has 1 aliphatic carbocycles. The van der Waals surface area contributed by atoms with Crippen molar-refractivity contribution in [1.29, 1.82) is 0 Å². The zero-order valence-corrected chi connectivity index (χ0v) is 12.0. The number of nitrogens with zero attached hydrogens (tertiary/aromatic N) is 2. The minimum absolute atomic E-state index is 0.666. The molecular formula is C15H27N3. The molecular weight excluding hydrogens is 222 g/mol. The van der Waals surface area contributed by atoms with Crippen molar-refractivity contribution in [2.24, 2.45) is 18.9 Å². The average molecular weight is 249 g/mol. The van der Waals surface area contributed by atoms with Gasteiger partial charge in [0.2, 0.25) is 0 Å². The molecule has 0 amide bonds. The topological polar surface area (TPSA) is 29.9 Å². The van der Waals surface area contributed by atoms with E-state index in [1.54, 1.807) is 0 Å². The van der Waals surface area contributed by atoms with E-state index in [2.05, 4.69) is 36.5 Å². The van der Waals surface area contributed by atoms with Crippen molar-refractivity contribution in [3.05, 3.63) is 18.0 Å². The molecule has 18 heavy (non-hydrogen) atoms. The lowest BCUT2D eigenvalue weighted by atomic mass is 9.77. The first kappa shape index (κ1) is 13.6. The van der Waals surface area contributed by atoms with Crippen molar-refractivity contribution in [2.45, 2.75) is 45.4 Å². The molecule has 0 radical (unpaired) electrons. The van der Waals surface area contributed by atoms with E-state index in [1.165, 1.54) is 31.4 Å². The number of hydrogen-bond donors (Lipinski definition) is 1. The molecule has 0 aromatic carbocycles. The molecule has 0 spiro atoms. The lowest BCUT2D eigenvalue weighted by Gasteiger charge is -2.31. The van der Waals surface area contributed by atoms with E-state index in [-0.39, 0.29) is 0 Å². The molecule has 1 aromatic heterocycles. The molecule has 2 rings (SSSR count). The summed E-state index contributed by atoms with van der Waals surface area (Å²) in [5.41, 5.74) is 1.30. The molecule has 0 saturated heterocycles. The summed E-state index contributed by atoms with van der Waals surface area (Å²) in [6.45, 7) is 6.82. The fraction of sp³-hybridized carbons (Fsp3) is 0.800. The Balaban J connectivity index is 1.93. The zero-order chi connectivity index (χ0) is 13.0. The van der Waals surface area contributed by atoms with E-state index < -0.39 is 0 Å². The molecule has 3 nitrogen and oxygen atoms in total. The Bertz CT molecular complexity index is 356. The molecule has 102 valence electrons. The van der Waals surface area contributed by atoms with Crippen LogP contribution in [0.2, 0.25) is 0 Å². The molecule has 1 N–H and O–H groups in total. The van der Waals surface area contributed by atoms with E-state index >= 15 is 0 Å². The van der Waals surface area contributed by atoms with Crippen molar-refractivity contribution < 1.29 is 0 Å². The van der Waals surface area contributed by atoms with E-state index in [0.29, 0.717) is 5.92 Å². The zero-order valence-electron chi connectivity index (χ0n) is 12.0. The van der Waals surface area contributed by atoms with Crippen molar-refractivity contribution in [3.63, 3.8) is 0 Å². The third-order valence-corrected chi connectivity index (χ3v) is 3.98. The van der Waals surface area contributed by atoms with Crippen LogP contribution < -0.4 is 5.32 Å². The lowest BCUT2D eigenvalue weighted by molar-refractivity contribution is 0.287. The van der Waals surface area contributed by atoms with Gasteiger partial charge in [0.25, 0.3) is 0 Å². The van der Waals surface area contributed by atoms with Gasteiger partial charge in [-0.3, -0.25) is 4.68 Å². The molecule has 0 aliphatic heterocycles. The van der Waals surface area contributed by atoms with Gasteiger partial charge in [-0.1, -0.05) is 26.7 Å². The van der Waals surface area contributed by atoms with Crippen LogP contribution in [0.25, 0.3) is 0 Å². The highest BCUT2D eigenvalue weighted by atomic mass is 15.2. The molecule has 0 bridgehead atoms. The Hall–Kier alpha value is -0.830. The summed E-state index contributed by atoms with van der Waals surface area (Å²) < 4.78 is 1.93. The Morgan fingerprint density at radius 2 is 2.17 bits per heavy atom. The van der Waals surface area contributed by atoms with Gasteiger partial charge in [-0.15, -0.1) is 0 Å². The van der Waals surface area contributed by atoms with Crippen LogP contribution >= 0.6 is 0 Å². The quantitative estimate of drug-likeness (QED) is 0.869. The Morgan fingerprint density at radius 1 is 1.39 bits per heavy atom. The SMILES string of the molecule is CC(C)CNCC1CCCCC1c1ccn(C)n1. The second-order valence-electron chi connectivity index (χ2n) is 6.12. The van der Waals surface area contributed by atoms with Gasteiger partial charge in [0, 0.05) is 19.2 Å². The molecule has 2 atom stereocenters. The first-order valence-corrected chi connectivity index (χ1v) is 7.37. The molecule has 1 heterocycles. The van der Waals surface area contributed by atoms with Gasteiger partial charge in [-0.05, 0) is 43.8 Å². The second kappa shape index (κ2) is 6.37. The monoisotopic (exact) mass is 249 g/mol. The van der Waals surface area contributed by atoms with Gasteiger partial charge in [0.15, 0.2) is 0 Å². The van der Waals surface area contributed by atoms with Crippen molar-refractivity contribution >= 4 is 0 Å².